The predicted molar refractivity (Wildman–Crippen MR) is 92.4 cm³/mol. The Morgan fingerprint density at radius 3 is 2.27 bits per heavy atom. The van der Waals surface area contributed by atoms with Crippen molar-refractivity contribution in [1.29, 1.82) is 0 Å². The van der Waals surface area contributed by atoms with Crippen LogP contribution in [0.15, 0.2) is 38.1 Å². The van der Waals surface area contributed by atoms with Crippen LogP contribution in [0.2, 0.25) is 0 Å². The van der Waals surface area contributed by atoms with Gasteiger partial charge in [-0.15, -0.1) is 0 Å². The van der Waals surface area contributed by atoms with E-state index in [1.807, 2.05) is 19.1 Å². The number of aryl methyl sites for hydroxylation is 1. The third kappa shape index (κ3) is 4.12. The summed E-state index contributed by atoms with van der Waals surface area (Å²) in [5, 5.41) is 38.8. The molecule has 0 unspecified atom stereocenters. The van der Waals surface area contributed by atoms with Gasteiger partial charge in [0.15, 0.2) is 6.29 Å². The van der Waals surface area contributed by atoms with Gasteiger partial charge in [0.1, 0.15) is 47.4 Å². The molecule has 0 radical (unpaired) electrons. The Balaban J connectivity index is 1.65. The molecule has 2 aromatic rings. The molecular formula is C18H21NO7. The highest BCUT2D eigenvalue weighted by molar-refractivity contribution is 5.77. The van der Waals surface area contributed by atoms with Gasteiger partial charge in [0.05, 0.1) is 12.8 Å². The quantitative estimate of drug-likeness (QED) is 0.572. The van der Waals surface area contributed by atoms with Crippen LogP contribution in [0, 0.1) is 6.92 Å². The van der Waals surface area contributed by atoms with Crippen LogP contribution in [0.1, 0.15) is 23.0 Å². The van der Waals surface area contributed by atoms with Crippen molar-refractivity contribution in [3.63, 3.8) is 0 Å². The summed E-state index contributed by atoms with van der Waals surface area (Å²) in [6.07, 6.45) is -0.392. The smallest absolute Gasteiger partial charge is 0.180 e. The van der Waals surface area contributed by atoms with Crippen LogP contribution in [0.4, 0.5) is 0 Å². The number of furan rings is 2. The standard InChI is InChI=1S/C18H21NO7/c1-10-2-3-11(24-10)4-5-12-6-7-13(25-12)8-19-15-17(22)16(21)14(9-20)26-18(15)23/h2-8,14-18,20-23H,9H2,1H3/b5-4+,19-8?/t14-,15-,16-,17-,18-/m1/s1. The lowest BCUT2D eigenvalue weighted by Gasteiger charge is -2.38. The van der Waals surface area contributed by atoms with Crippen molar-refractivity contribution in [1.82, 2.24) is 0 Å². The second-order valence-electron chi connectivity index (χ2n) is 6.02. The van der Waals surface area contributed by atoms with E-state index in [0.29, 0.717) is 17.3 Å². The first-order chi connectivity index (χ1) is 12.5. The van der Waals surface area contributed by atoms with Gasteiger partial charge in [-0.2, -0.15) is 0 Å². The first-order valence-corrected chi connectivity index (χ1v) is 8.16. The minimum Gasteiger partial charge on any atom is -0.462 e. The summed E-state index contributed by atoms with van der Waals surface area (Å²) in [5.41, 5.74) is 0. The van der Waals surface area contributed by atoms with E-state index in [1.165, 1.54) is 6.21 Å². The SMILES string of the molecule is Cc1ccc(/C=C/c2ccc(C=N[C@@H]3[C@@H](O)[C@H](O)[C@@H](CO)O[C@H]3O)o2)o1. The van der Waals surface area contributed by atoms with E-state index in [-0.39, 0.29) is 0 Å². The van der Waals surface area contributed by atoms with E-state index in [0.717, 1.165) is 5.76 Å². The van der Waals surface area contributed by atoms with Crippen molar-refractivity contribution in [2.24, 2.45) is 4.99 Å². The molecular weight excluding hydrogens is 342 g/mol. The minimum absolute atomic E-state index is 0.401. The van der Waals surface area contributed by atoms with Crippen LogP contribution in [-0.2, 0) is 4.74 Å². The summed E-state index contributed by atoms with van der Waals surface area (Å²) in [6.45, 7) is 1.34. The molecule has 1 fully saturated rings. The summed E-state index contributed by atoms with van der Waals surface area (Å²) in [5.74, 6) is 2.49. The molecule has 0 amide bonds. The Morgan fingerprint density at radius 2 is 1.62 bits per heavy atom. The highest BCUT2D eigenvalue weighted by Gasteiger charge is 2.43. The third-order valence-electron chi connectivity index (χ3n) is 4.06. The van der Waals surface area contributed by atoms with Crippen molar-refractivity contribution in [2.45, 2.75) is 37.6 Å². The average Bonchev–Trinajstić information content (AvgIpc) is 3.25. The highest BCUT2D eigenvalue weighted by Crippen LogP contribution is 2.22. The maximum absolute atomic E-state index is 10.0. The van der Waals surface area contributed by atoms with Gasteiger partial charge in [0, 0.05) is 0 Å². The zero-order valence-electron chi connectivity index (χ0n) is 14.1. The summed E-state index contributed by atoms with van der Waals surface area (Å²) >= 11 is 0. The Bertz CT molecular complexity index is 778. The van der Waals surface area contributed by atoms with Crippen molar-refractivity contribution >= 4 is 18.4 Å². The van der Waals surface area contributed by atoms with Crippen molar-refractivity contribution in [3.8, 4) is 0 Å². The Labute approximate surface area is 149 Å². The second kappa shape index (κ2) is 7.98. The van der Waals surface area contributed by atoms with E-state index in [9.17, 15) is 15.3 Å². The van der Waals surface area contributed by atoms with Gasteiger partial charge in [-0.05, 0) is 43.3 Å². The second-order valence-corrected chi connectivity index (χ2v) is 6.02. The number of ether oxygens (including phenoxy) is 1. The largest absolute Gasteiger partial charge is 0.462 e. The van der Waals surface area contributed by atoms with Crippen LogP contribution in [0.5, 0.6) is 0 Å². The molecule has 5 atom stereocenters. The van der Waals surface area contributed by atoms with Gasteiger partial charge < -0.3 is 34.0 Å². The van der Waals surface area contributed by atoms with Crippen LogP contribution in [0.25, 0.3) is 12.2 Å². The van der Waals surface area contributed by atoms with Gasteiger partial charge in [0.25, 0.3) is 0 Å². The minimum atomic E-state index is -1.45. The molecule has 1 saturated heterocycles. The highest BCUT2D eigenvalue weighted by atomic mass is 16.6. The first kappa shape index (κ1) is 18.6. The number of aliphatic hydroxyl groups is 4. The summed E-state index contributed by atoms with van der Waals surface area (Å²) in [7, 11) is 0. The average molecular weight is 363 g/mol. The molecule has 0 saturated carbocycles. The van der Waals surface area contributed by atoms with Gasteiger partial charge in [-0.1, -0.05) is 0 Å². The van der Waals surface area contributed by atoms with Gasteiger partial charge in [-0.25, -0.2) is 0 Å². The lowest BCUT2D eigenvalue weighted by atomic mass is 9.97. The van der Waals surface area contributed by atoms with Crippen LogP contribution in [0.3, 0.4) is 0 Å². The van der Waals surface area contributed by atoms with E-state index >= 15 is 0 Å². The van der Waals surface area contributed by atoms with Crippen molar-refractivity contribution in [2.75, 3.05) is 6.61 Å². The molecule has 3 heterocycles. The Hall–Kier alpha value is -2.23. The number of nitrogens with zero attached hydrogens (tertiary/aromatic N) is 1. The number of hydrogen-bond donors (Lipinski definition) is 4. The zero-order chi connectivity index (χ0) is 18.7. The summed E-state index contributed by atoms with van der Waals surface area (Å²) < 4.78 is 16.0. The first-order valence-electron chi connectivity index (χ1n) is 8.16. The normalized spacial score (nSPS) is 29.8. The maximum Gasteiger partial charge on any atom is 0.180 e. The molecule has 0 spiro atoms. The molecule has 8 heteroatoms. The zero-order valence-corrected chi connectivity index (χ0v) is 14.1. The third-order valence-corrected chi connectivity index (χ3v) is 4.06. The Morgan fingerprint density at radius 1 is 0.962 bits per heavy atom. The molecule has 140 valence electrons. The van der Waals surface area contributed by atoms with Crippen molar-refractivity contribution < 1.29 is 34.0 Å². The lowest BCUT2D eigenvalue weighted by Crippen LogP contribution is -2.57. The van der Waals surface area contributed by atoms with Crippen LogP contribution in [-0.4, -0.2) is 63.9 Å². The molecule has 0 aliphatic carbocycles. The van der Waals surface area contributed by atoms with Gasteiger partial charge in [-0.3, -0.25) is 4.99 Å². The summed E-state index contributed by atoms with van der Waals surface area (Å²) in [6, 6.07) is 6.01. The van der Waals surface area contributed by atoms with E-state index in [2.05, 4.69) is 4.99 Å². The maximum atomic E-state index is 10.0. The number of rotatable bonds is 5. The van der Waals surface area contributed by atoms with E-state index < -0.39 is 37.3 Å². The number of aliphatic hydroxyl groups excluding tert-OH is 4. The molecule has 1 aliphatic heterocycles. The fourth-order valence-corrected chi connectivity index (χ4v) is 2.64. The number of aliphatic imine (C=N–C) groups is 1. The monoisotopic (exact) mass is 363 g/mol. The van der Waals surface area contributed by atoms with Gasteiger partial charge in [0.2, 0.25) is 0 Å². The predicted octanol–water partition coefficient (Wildman–Crippen LogP) is 0.570. The van der Waals surface area contributed by atoms with E-state index in [4.69, 9.17) is 18.7 Å². The molecule has 26 heavy (non-hydrogen) atoms. The summed E-state index contributed by atoms with van der Waals surface area (Å²) in [4.78, 5) is 4.04. The van der Waals surface area contributed by atoms with Gasteiger partial charge >= 0.3 is 0 Å². The fraction of sp³-hybridized carbons (Fsp3) is 0.389. The molecule has 2 aromatic heterocycles. The lowest BCUT2D eigenvalue weighted by molar-refractivity contribution is -0.248. The molecule has 0 aromatic carbocycles. The molecule has 3 rings (SSSR count). The molecule has 1 aliphatic rings. The molecule has 0 bridgehead atoms. The topological polar surface area (TPSA) is 129 Å². The van der Waals surface area contributed by atoms with Crippen molar-refractivity contribution in [3.05, 3.63) is 47.3 Å². The van der Waals surface area contributed by atoms with Crippen LogP contribution >= 0.6 is 0 Å². The molecule has 8 nitrogen and oxygen atoms in total. The molecule has 4 N–H and O–H groups in total. The van der Waals surface area contributed by atoms with E-state index in [1.54, 1.807) is 24.3 Å². The number of hydrogen-bond acceptors (Lipinski definition) is 8. The Kier molecular flexibility index (Phi) is 5.70. The fourth-order valence-electron chi connectivity index (χ4n) is 2.64. The van der Waals surface area contributed by atoms with Crippen LogP contribution < -0.4 is 0 Å².